The number of hydrogen-bond donors (Lipinski definition) is 1. The summed E-state index contributed by atoms with van der Waals surface area (Å²) in [5, 5.41) is 3.94. The molecule has 0 bridgehead atoms. The number of carbonyl (C=O) groups is 1. The number of hydrogen-bond acceptors (Lipinski definition) is 5. The highest BCUT2D eigenvalue weighted by Gasteiger charge is 2.29. The Morgan fingerprint density at radius 2 is 2.17 bits per heavy atom. The third kappa shape index (κ3) is 5.10. The molecule has 0 aliphatic carbocycles. The van der Waals surface area contributed by atoms with Crippen molar-refractivity contribution in [1.29, 1.82) is 0 Å². The van der Waals surface area contributed by atoms with Crippen LogP contribution in [0, 0.1) is 5.82 Å². The molecule has 2 aromatic rings. The third-order valence-electron chi connectivity index (χ3n) is 2.55. The summed E-state index contributed by atoms with van der Waals surface area (Å²) < 4.78 is 54.5. The summed E-state index contributed by atoms with van der Waals surface area (Å²) in [6, 6.07) is 3.88. The van der Waals surface area contributed by atoms with Gasteiger partial charge in [-0.05, 0) is 30.0 Å². The highest BCUT2D eigenvalue weighted by Crippen LogP contribution is 2.33. The Balaban J connectivity index is 2.09. The summed E-state index contributed by atoms with van der Waals surface area (Å²) in [5.41, 5.74) is -3.74. The maximum absolute atomic E-state index is 13.3. The lowest BCUT2D eigenvalue weighted by atomic mass is 10.1. The number of thiazole rings is 1. The van der Waals surface area contributed by atoms with E-state index in [2.05, 4.69) is 10.3 Å². The number of nitrogens with one attached hydrogen (secondary N) is 1. The summed E-state index contributed by atoms with van der Waals surface area (Å²) in [6.45, 7) is 0. The molecule has 1 heterocycles. The quantitative estimate of drug-likeness (QED) is 0.808. The molecule has 0 unspecified atom stereocenters. The second kappa shape index (κ2) is 7.18. The van der Waals surface area contributed by atoms with Crippen LogP contribution in [0.15, 0.2) is 23.6 Å². The molecular formula is C13H10F4N2O2S2. The number of halogens is 4. The number of thioether (sulfide) groups is 1. The van der Waals surface area contributed by atoms with Crippen molar-refractivity contribution >= 4 is 34.1 Å². The van der Waals surface area contributed by atoms with Crippen LogP contribution in [0.4, 0.5) is 22.7 Å². The van der Waals surface area contributed by atoms with Crippen molar-refractivity contribution in [3.8, 4) is 17.0 Å². The number of amides is 1. The molecule has 10 heteroatoms. The molecule has 0 aliphatic rings. The highest BCUT2D eigenvalue weighted by atomic mass is 32.2. The number of ether oxygens (including phenoxy) is 1. The molecule has 23 heavy (non-hydrogen) atoms. The molecule has 0 fully saturated rings. The van der Waals surface area contributed by atoms with Crippen LogP contribution in [-0.4, -0.2) is 29.3 Å². The number of alkyl halides is 3. The normalized spacial score (nSPS) is 11.3. The monoisotopic (exact) mass is 366 g/mol. The molecule has 0 saturated carbocycles. The van der Waals surface area contributed by atoms with Gasteiger partial charge in [-0.1, -0.05) is 0 Å². The Morgan fingerprint density at radius 1 is 1.43 bits per heavy atom. The average Bonchev–Trinajstić information content (AvgIpc) is 2.92. The van der Waals surface area contributed by atoms with E-state index >= 15 is 0 Å². The minimum absolute atomic E-state index is 0.124. The van der Waals surface area contributed by atoms with Crippen LogP contribution in [0.1, 0.15) is 0 Å². The van der Waals surface area contributed by atoms with Crippen molar-refractivity contribution in [1.82, 2.24) is 4.98 Å². The van der Waals surface area contributed by atoms with Gasteiger partial charge in [-0.15, -0.1) is 11.3 Å². The van der Waals surface area contributed by atoms with Gasteiger partial charge in [-0.25, -0.2) is 9.37 Å². The van der Waals surface area contributed by atoms with E-state index in [1.54, 1.807) is 5.38 Å². The first kappa shape index (κ1) is 17.5. The van der Waals surface area contributed by atoms with Gasteiger partial charge >= 0.3 is 5.51 Å². The molecule has 4 nitrogen and oxygen atoms in total. The van der Waals surface area contributed by atoms with Gasteiger partial charge in [-0.3, -0.25) is 4.79 Å². The highest BCUT2D eigenvalue weighted by molar-refractivity contribution is 8.00. The van der Waals surface area contributed by atoms with Crippen molar-refractivity contribution in [2.75, 3.05) is 18.2 Å². The Labute approximate surface area is 136 Å². The molecule has 0 aliphatic heterocycles. The summed E-state index contributed by atoms with van der Waals surface area (Å²) >= 11 is 0.587. The number of carbonyl (C=O) groups excluding carboxylic acids is 1. The lowest BCUT2D eigenvalue weighted by Gasteiger charge is -2.06. The lowest BCUT2D eigenvalue weighted by molar-refractivity contribution is -0.114. The SMILES string of the molecule is COc1ccc(F)cc1-c1csc(NC(=O)CSC(F)(F)F)n1. The Bertz CT molecular complexity index is 704. The van der Waals surface area contributed by atoms with E-state index in [9.17, 15) is 22.4 Å². The first-order chi connectivity index (χ1) is 10.8. The fraction of sp³-hybridized carbons (Fsp3) is 0.231. The van der Waals surface area contributed by atoms with Crippen LogP contribution in [-0.2, 0) is 4.79 Å². The Morgan fingerprint density at radius 3 is 2.83 bits per heavy atom. The van der Waals surface area contributed by atoms with Crippen LogP contribution in [0.2, 0.25) is 0 Å². The van der Waals surface area contributed by atoms with Crippen molar-refractivity contribution < 1.29 is 27.1 Å². The smallest absolute Gasteiger partial charge is 0.442 e. The van der Waals surface area contributed by atoms with Gasteiger partial charge in [-0.2, -0.15) is 13.2 Å². The second-order valence-electron chi connectivity index (χ2n) is 4.17. The summed E-state index contributed by atoms with van der Waals surface area (Å²) in [4.78, 5) is 15.5. The standard InChI is InChI=1S/C13H10F4N2O2S2/c1-21-10-3-2-7(14)4-8(10)9-5-22-12(18-9)19-11(20)6-23-13(15,16)17/h2-5H,6H2,1H3,(H,18,19,20). The van der Waals surface area contributed by atoms with Crippen molar-refractivity contribution in [2.24, 2.45) is 0 Å². The van der Waals surface area contributed by atoms with E-state index in [1.165, 1.54) is 25.3 Å². The van der Waals surface area contributed by atoms with E-state index in [0.717, 1.165) is 11.3 Å². The topological polar surface area (TPSA) is 51.2 Å². The predicted octanol–water partition coefficient (Wildman–Crippen LogP) is 4.15. The molecule has 0 spiro atoms. The van der Waals surface area contributed by atoms with Crippen molar-refractivity contribution in [3.05, 3.63) is 29.4 Å². The zero-order valence-corrected chi connectivity index (χ0v) is 13.2. The molecule has 0 atom stereocenters. The number of nitrogens with zero attached hydrogens (tertiary/aromatic N) is 1. The number of anilines is 1. The zero-order chi connectivity index (χ0) is 17.0. The van der Waals surface area contributed by atoms with Crippen LogP contribution in [0.3, 0.4) is 0 Å². The van der Waals surface area contributed by atoms with Gasteiger partial charge in [0.15, 0.2) is 5.13 Å². The fourth-order valence-corrected chi connectivity index (χ4v) is 2.73. The van der Waals surface area contributed by atoms with Gasteiger partial charge in [0.25, 0.3) is 0 Å². The minimum atomic E-state index is -4.47. The molecule has 124 valence electrons. The van der Waals surface area contributed by atoms with Crippen molar-refractivity contribution in [2.45, 2.75) is 5.51 Å². The molecule has 1 N–H and O–H groups in total. The maximum Gasteiger partial charge on any atom is 0.442 e. The Hall–Kier alpha value is -1.81. The summed E-state index contributed by atoms with van der Waals surface area (Å²) in [5.74, 6) is -1.68. The lowest BCUT2D eigenvalue weighted by Crippen LogP contribution is -2.17. The first-order valence-corrected chi connectivity index (χ1v) is 7.95. The molecule has 0 radical (unpaired) electrons. The zero-order valence-electron chi connectivity index (χ0n) is 11.6. The molecule has 1 aromatic heterocycles. The number of rotatable bonds is 5. The van der Waals surface area contributed by atoms with Crippen LogP contribution >= 0.6 is 23.1 Å². The predicted molar refractivity (Wildman–Crippen MR) is 81.2 cm³/mol. The molecule has 0 saturated heterocycles. The van der Waals surface area contributed by atoms with Crippen LogP contribution in [0.5, 0.6) is 5.75 Å². The van der Waals surface area contributed by atoms with E-state index in [1.807, 2.05) is 0 Å². The fourth-order valence-electron chi connectivity index (χ4n) is 1.64. The summed E-state index contributed by atoms with van der Waals surface area (Å²) in [7, 11) is 1.42. The third-order valence-corrected chi connectivity index (χ3v) is 4.05. The van der Waals surface area contributed by atoms with Gasteiger partial charge in [0.1, 0.15) is 11.6 Å². The second-order valence-corrected chi connectivity index (χ2v) is 6.06. The first-order valence-electron chi connectivity index (χ1n) is 6.08. The van der Waals surface area contributed by atoms with Gasteiger partial charge < -0.3 is 10.1 Å². The van der Waals surface area contributed by atoms with Crippen molar-refractivity contribution in [3.63, 3.8) is 0 Å². The maximum atomic E-state index is 13.3. The molecule has 1 amide bonds. The number of methoxy groups -OCH3 is 1. The van der Waals surface area contributed by atoms with E-state index < -0.39 is 34.7 Å². The number of aromatic nitrogens is 1. The Kier molecular flexibility index (Phi) is 5.47. The summed E-state index contributed by atoms with van der Waals surface area (Å²) in [6.07, 6.45) is 0. The average molecular weight is 366 g/mol. The van der Waals surface area contributed by atoms with Gasteiger partial charge in [0.05, 0.1) is 18.6 Å². The van der Waals surface area contributed by atoms with Crippen LogP contribution < -0.4 is 10.1 Å². The molecule has 1 aromatic carbocycles. The van der Waals surface area contributed by atoms with Gasteiger partial charge in [0, 0.05) is 10.9 Å². The molecular weight excluding hydrogens is 356 g/mol. The largest absolute Gasteiger partial charge is 0.496 e. The number of benzene rings is 1. The van der Waals surface area contributed by atoms with E-state index in [-0.39, 0.29) is 5.13 Å². The van der Waals surface area contributed by atoms with E-state index in [4.69, 9.17) is 4.74 Å². The minimum Gasteiger partial charge on any atom is -0.496 e. The van der Waals surface area contributed by atoms with Crippen LogP contribution in [0.25, 0.3) is 11.3 Å². The van der Waals surface area contributed by atoms with E-state index in [0.29, 0.717) is 17.0 Å². The molecule has 2 rings (SSSR count). The van der Waals surface area contributed by atoms with Gasteiger partial charge in [0.2, 0.25) is 5.91 Å².